The number of nitrogens with two attached hydrogens (primary N) is 1. The molecule has 3 rings (SSSR count). The van der Waals surface area contributed by atoms with Gasteiger partial charge in [0.15, 0.2) is 0 Å². The lowest BCUT2D eigenvalue weighted by molar-refractivity contribution is 0.617. The summed E-state index contributed by atoms with van der Waals surface area (Å²) in [6.07, 6.45) is 6.91. The number of thioether (sulfide) groups is 1. The summed E-state index contributed by atoms with van der Waals surface area (Å²) in [6.45, 7) is 0.575. The fraction of sp³-hybridized carbons (Fsp3) is 0.133. The van der Waals surface area contributed by atoms with Crippen LogP contribution in [0.1, 0.15) is 5.56 Å². The molecule has 0 unspecified atom stereocenters. The Bertz CT molecular complexity index is 767. The lowest BCUT2D eigenvalue weighted by atomic mass is 10.2. The van der Waals surface area contributed by atoms with Crippen molar-refractivity contribution in [1.29, 1.82) is 0 Å². The van der Waals surface area contributed by atoms with Gasteiger partial charge in [-0.1, -0.05) is 0 Å². The fourth-order valence-electron chi connectivity index (χ4n) is 2.33. The Morgan fingerprint density at radius 3 is 2.90 bits per heavy atom. The van der Waals surface area contributed by atoms with E-state index in [1.54, 1.807) is 18.0 Å². The summed E-state index contributed by atoms with van der Waals surface area (Å²) < 4.78 is 15.3. The zero-order chi connectivity index (χ0) is 14.1. The summed E-state index contributed by atoms with van der Waals surface area (Å²) in [5, 5.41) is 1.16. The zero-order valence-corrected chi connectivity index (χ0v) is 11.8. The number of benzene rings is 1. The first kappa shape index (κ1) is 13.0. The number of pyridine rings is 1. The lowest BCUT2D eigenvalue weighted by Gasteiger charge is -2.08. The van der Waals surface area contributed by atoms with Crippen molar-refractivity contribution >= 4 is 28.4 Å². The van der Waals surface area contributed by atoms with Crippen molar-refractivity contribution in [2.24, 2.45) is 0 Å². The number of aromatic nitrogens is 2. The van der Waals surface area contributed by atoms with Gasteiger partial charge in [0.1, 0.15) is 5.82 Å². The number of nitrogen functional groups attached to an aromatic ring is 1. The number of anilines is 1. The predicted octanol–water partition coefficient (Wildman–Crippen LogP) is 3.53. The highest BCUT2D eigenvalue weighted by atomic mass is 32.2. The van der Waals surface area contributed by atoms with E-state index < -0.39 is 0 Å². The normalized spacial score (nSPS) is 11.1. The Morgan fingerprint density at radius 2 is 2.15 bits per heavy atom. The van der Waals surface area contributed by atoms with E-state index in [1.165, 1.54) is 12.3 Å². The molecule has 0 saturated carbocycles. The molecule has 0 spiro atoms. The molecule has 0 radical (unpaired) electrons. The van der Waals surface area contributed by atoms with E-state index in [9.17, 15) is 4.39 Å². The van der Waals surface area contributed by atoms with Crippen molar-refractivity contribution in [1.82, 2.24) is 9.55 Å². The molecule has 102 valence electrons. The molecule has 0 fully saturated rings. The Labute approximate surface area is 120 Å². The minimum absolute atomic E-state index is 0.316. The molecule has 0 aliphatic carbocycles. The largest absolute Gasteiger partial charge is 0.399 e. The minimum Gasteiger partial charge on any atom is -0.399 e. The SMILES string of the molecule is CSc1cc(N)cc2c1ccn2Cc1cncc(F)c1. The van der Waals surface area contributed by atoms with E-state index in [0.29, 0.717) is 6.54 Å². The molecule has 3 nitrogen and oxygen atoms in total. The van der Waals surface area contributed by atoms with Gasteiger partial charge in [0.25, 0.3) is 0 Å². The first-order valence-electron chi connectivity index (χ1n) is 6.19. The lowest BCUT2D eigenvalue weighted by Crippen LogP contribution is -1.99. The van der Waals surface area contributed by atoms with Crippen LogP contribution in [0.3, 0.4) is 0 Å². The van der Waals surface area contributed by atoms with Gasteiger partial charge >= 0.3 is 0 Å². The van der Waals surface area contributed by atoms with E-state index in [-0.39, 0.29) is 5.82 Å². The summed E-state index contributed by atoms with van der Waals surface area (Å²) in [7, 11) is 0. The maximum atomic E-state index is 13.2. The number of hydrogen-bond acceptors (Lipinski definition) is 3. The average molecular weight is 287 g/mol. The number of hydrogen-bond donors (Lipinski definition) is 1. The molecule has 0 atom stereocenters. The number of rotatable bonds is 3. The van der Waals surface area contributed by atoms with Crippen LogP contribution in [0.25, 0.3) is 10.9 Å². The van der Waals surface area contributed by atoms with Gasteiger partial charge in [0, 0.05) is 34.9 Å². The van der Waals surface area contributed by atoms with Crippen molar-refractivity contribution in [2.45, 2.75) is 11.4 Å². The Kier molecular flexibility index (Phi) is 3.36. The minimum atomic E-state index is -0.316. The van der Waals surface area contributed by atoms with Gasteiger partial charge in [0.05, 0.1) is 11.7 Å². The third-order valence-electron chi connectivity index (χ3n) is 3.21. The molecule has 2 N–H and O–H groups in total. The van der Waals surface area contributed by atoms with Crippen LogP contribution in [-0.2, 0) is 6.54 Å². The second kappa shape index (κ2) is 5.17. The van der Waals surface area contributed by atoms with E-state index in [0.717, 1.165) is 27.0 Å². The van der Waals surface area contributed by atoms with Gasteiger partial charge in [-0.25, -0.2) is 4.39 Å². The van der Waals surface area contributed by atoms with Crippen molar-refractivity contribution in [3.63, 3.8) is 0 Å². The van der Waals surface area contributed by atoms with Crippen LogP contribution in [-0.4, -0.2) is 15.8 Å². The molecule has 0 aliphatic heterocycles. The molecule has 1 aromatic carbocycles. The molecular formula is C15H14FN3S. The molecule has 0 aliphatic rings. The molecule has 2 aromatic heterocycles. The fourth-order valence-corrected chi connectivity index (χ4v) is 2.97. The third kappa shape index (κ3) is 2.36. The maximum Gasteiger partial charge on any atom is 0.141 e. The number of fused-ring (bicyclic) bond motifs is 1. The van der Waals surface area contributed by atoms with Crippen molar-refractivity contribution in [2.75, 3.05) is 12.0 Å². The first-order chi connectivity index (χ1) is 9.67. The van der Waals surface area contributed by atoms with Gasteiger partial charge < -0.3 is 10.3 Å². The van der Waals surface area contributed by atoms with E-state index in [2.05, 4.69) is 15.6 Å². The Hall–Kier alpha value is -2.01. The molecule has 5 heteroatoms. The standard InChI is InChI=1S/C15H14FN3S/c1-20-15-6-12(17)5-14-13(15)2-3-19(14)9-10-4-11(16)8-18-7-10/h2-8H,9,17H2,1H3. The van der Waals surface area contributed by atoms with Crippen LogP contribution in [0.5, 0.6) is 0 Å². The summed E-state index contributed by atoms with van der Waals surface area (Å²) in [5.41, 5.74) is 8.57. The third-order valence-corrected chi connectivity index (χ3v) is 3.99. The van der Waals surface area contributed by atoms with Crippen LogP contribution in [0.4, 0.5) is 10.1 Å². The maximum absolute atomic E-state index is 13.2. The summed E-state index contributed by atoms with van der Waals surface area (Å²) >= 11 is 1.67. The van der Waals surface area contributed by atoms with Crippen molar-refractivity contribution in [3.05, 3.63) is 54.2 Å². The molecule has 0 bridgehead atoms. The van der Waals surface area contributed by atoms with Crippen molar-refractivity contribution in [3.8, 4) is 0 Å². The van der Waals surface area contributed by atoms with E-state index >= 15 is 0 Å². The molecular weight excluding hydrogens is 273 g/mol. The summed E-state index contributed by atoms with van der Waals surface area (Å²) in [6, 6.07) is 7.48. The van der Waals surface area contributed by atoms with Crippen LogP contribution < -0.4 is 5.73 Å². The highest BCUT2D eigenvalue weighted by Crippen LogP contribution is 2.30. The summed E-state index contributed by atoms with van der Waals surface area (Å²) in [4.78, 5) is 5.03. The molecule has 2 heterocycles. The summed E-state index contributed by atoms with van der Waals surface area (Å²) in [5.74, 6) is -0.316. The van der Waals surface area contributed by atoms with Crippen LogP contribution in [0.2, 0.25) is 0 Å². The topological polar surface area (TPSA) is 43.8 Å². The predicted molar refractivity (Wildman–Crippen MR) is 81.4 cm³/mol. The first-order valence-corrected chi connectivity index (χ1v) is 7.41. The highest BCUT2D eigenvalue weighted by Gasteiger charge is 2.08. The van der Waals surface area contributed by atoms with Gasteiger partial charge in [-0.3, -0.25) is 4.98 Å². The monoisotopic (exact) mass is 287 g/mol. The Balaban J connectivity index is 2.06. The van der Waals surface area contributed by atoms with Gasteiger partial charge in [-0.2, -0.15) is 0 Å². The average Bonchev–Trinajstić information content (AvgIpc) is 2.81. The van der Waals surface area contributed by atoms with Crippen molar-refractivity contribution < 1.29 is 4.39 Å². The van der Waals surface area contributed by atoms with E-state index in [4.69, 9.17) is 5.73 Å². The Morgan fingerprint density at radius 1 is 1.30 bits per heavy atom. The van der Waals surface area contributed by atoms with Gasteiger partial charge in [-0.05, 0) is 36.1 Å². The second-order valence-electron chi connectivity index (χ2n) is 4.61. The van der Waals surface area contributed by atoms with Crippen LogP contribution in [0.15, 0.2) is 47.8 Å². The molecule has 20 heavy (non-hydrogen) atoms. The van der Waals surface area contributed by atoms with E-state index in [1.807, 2.05) is 24.6 Å². The van der Waals surface area contributed by atoms with Gasteiger partial charge in [-0.15, -0.1) is 11.8 Å². The van der Waals surface area contributed by atoms with Gasteiger partial charge in [0.2, 0.25) is 0 Å². The number of halogens is 1. The zero-order valence-electron chi connectivity index (χ0n) is 11.0. The van der Waals surface area contributed by atoms with Crippen LogP contribution >= 0.6 is 11.8 Å². The van der Waals surface area contributed by atoms with Crippen LogP contribution in [0, 0.1) is 5.82 Å². The molecule has 0 saturated heterocycles. The molecule has 0 amide bonds. The quantitative estimate of drug-likeness (QED) is 0.592. The smallest absolute Gasteiger partial charge is 0.141 e. The highest BCUT2D eigenvalue weighted by molar-refractivity contribution is 7.98. The number of nitrogens with zero attached hydrogens (tertiary/aromatic N) is 2. The second-order valence-corrected chi connectivity index (χ2v) is 5.46. The molecule has 3 aromatic rings.